The topological polar surface area (TPSA) is 61.8 Å². The third-order valence-corrected chi connectivity index (χ3v) is 2.82. The van der Waals surface area contributed by atoms with Crippen LogP contribution in [0.2, 0.25) is 0 Å². The van der Waals surface area contributed by atoms with Gasteiger partial charge in [0.2, 0.25) is 0 Å². The van der Waals surface area contributed by atoms with Crippen LogP contribution < -0.4 is 0 Å². The predicted molar refractivity (Wildman–Crippen MR) is 55.8 cm³/mol. The number of esters is 2. The van der Waals surface area contributed by atoms with E-state index in [1.165, 1.54) is 6.92 Å². The number of alkyl halides is 2. The minimum Gasteiger partial charge on any atom is -0.455 e. The molecule has 1 heterocycles. The second-order valence-corrected chi connectivity index (χ2v) is 4.35. The molecule has 0 amide bonds. The van der Waals surface area contributed by atoms with Gasteiger partial charge >= 0.3 is 17.9 Å². The Hall–Kier alpha value is -1.24. The van der Waals surface area contributed by atoms with E-state index in [4.69, 9.17) is 4.74 Å². The fraction of sp³-hybridized carbons (Fsp3) is 0.818. The lowest BCUT2D eigenvalue weighted by atomic mass is 9.90. The zero-order valence-electron chi connectivity index (χ0n) is 10.6. The molecule has 1 aliphatic rings. The van der Waals surface area contributed by atoms with Gasteiger partial charge in [0.25, 0.3) is 6.29 Å². The minimum absolute atomic E-state index is 0.627. The molecule has 0 aromatic heterocycles. The molecule has 1 aliphatic heterocycles. The standard InChI is InChI=1S/C11H16F2O5/c1-5-6(2)16-10(18-8(4)15)11(12,13)9(5)17-7(3)14/h5-6,9-10H,1-4H3/t5-,6+,9-,10-/m1/s1. The molecule has 7 heteroatoms. The zero-order valence-corrected chi connectivity index (χ0v) is 10.6. The summed E-state index contributed by atoms with van der Waals surface area (Å²) in [5.41, 5.74) is 0. The molecule has 0 bridgehead atoms. The van der Waals surface area contributed by atoms with Gasteiger partial charge in [-0.3, -0.25) is 9.59 Å². The highest BCUT2D eigenvalue weighted by Crippen LogP contribution is 2.40. The average Bonchev–Trinajstić information content (AvgIpc) is 2.21. The maximum atomic E-state index is 14.0. The van der Waals surface area contributed by atoms with Gasteiger partial charge in [0, 0.05) is 19.8 Å². The maximum Gasteiger partial charge on any atom is 0.345 e. The van der Waals surface area contributed by atoms with E-state index < -0.39 is 42.3 Å². The fourth-order valence-electron chi connectivity index (χ4n) is 1.76. The summed E-state index contributed by atoms with van der Waals surface area (Å²) in [4.78, 5) is 21.7. The molecular formula is C11H16F2O5. The second kappa shape index (κ2) is 5.17. The molecule has 5 nitrogen and oxygen atoms in total. The molecule has 0 saturated carbocycles. The van der Waals surface area contributed by atoms with Crippen LogP contribution in [0.1, 0.15) is 27.7 Å². The number of hydrogen-bond acceptors (Lipinski definition) is 5. The zero-order chi connectivity index (χ0) is 14.1. The number of rotatable bonds is 2. The smallest absolute Gasteiger partial charge is 0.345 e. The molecule has 18 heavy (non-hydrogen) atoms. The second-order valence-electron chi connectivity index (χ2n) is 4.35. The third-order valence-electron chi connectivity index (χ3n) is 2.82. The highest BCUT2D eigenvalue weighted by molar-refractivity contribution is 5.67. The molecule has 0 spiro atoms. The van der Waals surface area contributed by atoms with E-state index in [-0.39, 0.29) is 0 Å². The van der Waals surface area contributed by atoms with Crippen LogP contribution in [0.3, 0.4) is 0 Å². The van der Waals surface area contributed by atoms with Crippen molar-refractivity contribution in [2.24, 2.45) is 5.92 Å². The molecule has 1 fully saturated rings. The normalized spacial score (nSPS) is 34.8. The van der Waals surface area contributed by atoms with E-state index >= 15 is 0 Å². The summed E-state index contributed by atoms with van der Waals surface area (Å²) in [6.45, 7) is 5.08. The molecular weight excluding hydrogens is 250 g/mol. The van der Waals surface area contributed by atoms with Crippen molar-refractivity contribution < 1.29 is 32.6 Å². The quantitative estimate of drug-likeness (QED) is 0.709. The highest BCUT2D eigenvalue weighted by Gasteiger charge is 2.59. The molecule has 0 aliphatic carbocycles. The third kappa shape index (κ3) is 2.95. The van der Waals surface area contributed by atoms with Gasteiger partial charge in [-0.15, -0.1) is 0 Å². The van der Waals surface area contributed by atoms with Crippen LogP contribution in [0, 0.1) is 5.92 Å². The van der Waals surface area contributed by atoms with Gasteiger partial charge < -0.3 is 14.2 Å². The van der Waals surface area contributed by atoms with Gasteiger partial charge in [0.15, 0.2) is 6.10 Å². The summed E-state index contributed by atoms with van der Waals surface area (Å²) in [6.07, 6.45) is -4.34. The lowest BCUT2D eigenvalue weighted by Gasteiger charge is -2.42. The molecule has 104 valence electrons. The molecule has 1 saturated heterocycles. The Bertz CT molecular complexity index is 344. The number of hydrogen-bond donors (Lipinski definition) is 0. The Balaban J connectivity index is 2.97. The lowest BCUT2D eigenvalue weighted by molar-refractivity contribution is -0.333. The van der Waals surface area contributed by atoms with E-state index in [2.05, 4.69) is 9.47 Å². The van der Waals surface area contributed by atoms with Gasteiger partial charge in [-0.05, 0) is 6.92 Å². The maximum absolute atomic E-state index is 14.0. The van der Waals surface area contributed by atoms with Crippen molar-refractivity contribution in [2.75, 3.05) is 0 Å². The van der Waals surface area contributed by atoms with E-state index in [1.54, 1.807) is 6.92 Å². The Morgan fingerprint density at radius 2 is 1.61 bits per heavy atom. The van der Waals surface area contributed by atoms with Crippen molar-refractivity contribution in [3.63, 3.8) is 0 Å². The highest BCUT2D eigenvalue weighted by atomic mass is 19.3. The molecule has 4 atom stereocenters. The summed E-state index contributed by atoms with van der Waals surface area (Å²) in [7, 11) is 0. The van der Waals surface area contributed by atoms with Crippen LogP contribution in [-0.2, 0) is 23.8 Å². The molecule has 0 N–H and O–H groups in total. The molecule has 0 unspecified atom stereocenters. The molecule has 1 rings (SSSR count). The summed E-state index contributed by atoms with van der Waals surface area (Å²) < 4.78 is 42.0. The SMILES string of the molecule is CC(=O)O[C@H]1O[C@@H](C)[C@@H](C)[C@@H](OC(C)=O)C1(F)F. The van der Waals surface area contributed by atoms with Gasteiger partial charge in [-0.2, -0.15) is 8.78 Å². The number of ether oxygens (including phenoxy) is 3. The van der Waals surface area contributed by atoms with Gasteiger partial charge in [-0.25, -0.2) is 0 Å². The minimum atomic E-state index is -3.58. The number of carbonyl (C=O) groups excluding carboxylic acids is 2. The van der Waals surface area contributed by atoms with E-state index in [9.17, 15) is 18.4 Å². The van der Waals surface area contributed by atoms with E-state index in [1.807, 2.05) is 0 Å². The van der Waals surface area contributed by atoms with Crippen molar-refractivity contribution in [1.82, 2.24) is 0 Å². The van der Waals surface area contributed by atoms with Crippen molar-refractivity contribution in [3.8, 4) is 0 Å². The number of halogens is 2. The van der Waals surface area contributed by atoms with Crippen LogP contribution in [0.25, 0.3) is 0 Å². The van der Waals surface area contributed by atoms with Crippen molar-refractivity contribution in [2.45, 2.75) is 52.1 Å². The van der Waals surface area contributed by atoms with E-state index in [0.717, 1.165) is 13.8 Å². The summed E-state index contributed by atoms with van der Waals surface area (Å²) in [6, 6.07) is 0. The van der Waals surface area contributed by atoms with Crippen LogP contribution >= 0.6 is 0 Å². The Morgan fingerprint density at radius 1 is 1.11 bits per heavy atom. The van der Waals surface area contributed by atoms with Crippen LogP contribution in [-0.4, -0.2) is 36.4 Å². The average molecular weight is 266 g/mol. The first-order valence-electron chi connectivity index (χ1n) is 5.54. The van der Waals surface area contributed by atoms with Gasteiger partial charge in [0.1, 0.15) is 0 Å². The lowest BCUT2D eigenvalue weighted by Crippen LogP contribution is -2.60. The summed E-state index contributed by atoms with van der Waals surface area (Å²) in [5, 5.41) is 0. The monoisotopic (exact) mass is 266 g/mol. The first-order valence-corrected chi connectivity index (χ1v) is 5.54. The Morgan fingerprint density at radius 3 is 2.06 bits per heavy atom. The van der Waals surface area contributed by atoms with Gasteiger partial charge in [-0.1, -0.05) is 6.92 Å². The molecule has 0 aromatic carbocycles. The van der Waals surface area contributed by atoms with Crippen molar-refractivity contribution >= 4 is 11.9 Å². The predicted octanol–water partition coefficient (Wildman–Crippen LogP) is 1.50. The summed E-state index contributed by atoms with van der Waals surface area (Å²) in [5.74, 6) is -6.00. The van der Waals surface area contributed by atoms with Crippen molar-refractivity contribution in [1.29, 1.82) is 0 Å². The summed E-state index contributed by atoms with van der Waals surface area (Å²) >= 11 is 0. The van der Waals surface area contributed by atoms with Crippen LogP contribution in [0.4, 0.5) is 8.78 Å². The van der Waals surface area contributed by atoms with Crippen molar-refractivity contribution in [3.05, 3.63) is 0 Å². The fourth-order valence-corrected chi connectivity index (χ4v) is 1.76. The largest absolute Gasteiger partial charge is 0.455 e. The number of carbonyl (C=O) groups is 2. The Labute approximate surface area is 103 Å². The van der Waals surface area contributed by atoms with E-state index in [0.29, 0.717) is 0 Å². The van der Waals surface area contributed by atoms with Crippen LogP contribution in [0.15, 0.2) is 0 Å². The van der Waals surface area contributed by atoms with Gasteiger partial charge in [0.05, 0.1) is 6.10 Å². The molecule has 0 aromatic rings. The molecule has 0 radical (unpaired) electrons. The Kier molecular flexibility index (Phi) is 4.26. The first-order chi connectivity index (χ1) is 8.16. The van der Waals surface area contributed by atoms with Crippen LogP contribution in [0.5, 0.6) is 0 Å². The first kappa shape index (κ1) is 14.8.